The lowest BCUT2D eigenvalue weighted by Gasteiger charge is -2.47. The third-order valence-electron chi connectivity index (χ3n) is 5.82. The van der Waals surface area contributed by atoms with E-state index in [9.17, 15) is 5.11 Å². The molecule has 1 unspecified atom stereocenters. The van der Waals surface area contributed by atoms with Crippen molar-refractivity contribution in [3.8, 4) is 17.2 Å². The van der Waals surface area contributed by atoms with Crippen LogP contribution in [0.5, 0.6) is 17.2 Å². The van der Waals surface area contributed by atoms with E-state index in [4.69, 9.17) is 19.9 Å². The highest BCUT2D eigenvalue weighted by molar-refractivity contribution is 5.77. The maximum atomic E-state index is 11.2. The van der Waals surface area contributed by atoms with Gasteiger partial charge in [0, 0.05) is 6.54 Å². The first-order chi connectivity index (χ1) is 14.8. The van der Waals surface area contributed by atoms with Gasteiger partial charge in [-0.05, 0) is 60.5 Å². The molecule has 0 amide bonds. The summed E-state index contributed by atoms with van der Waals surface area (Å²) in [6.07, 6.45) is 2.42. The van der Waals surface area contributed by atoms with Crippen LogP contribution in [-0.4, -0.2) is 50.7 Å². The zero-order valence-corrected chi connectivity index (χ0v) is 19.7. The van der Waals surface area contributed by atoms with Gasteiger partial charge in [-0.2, -0.15) is 0 Å². The van der Waals surface area contributed by atoms with Crippen molar-refractivity contribution in [2.24, 2.45) is 5.73 Å². The molecule has 6 nitrogen and oxygen atoms in total. The molecule has 1 aliphatic rings. The lowest BCUT2D eigenvalue weighted by Crippen LogP contribution is -2.58. The van der Waals surface area contributed by atoms with E-state index in [0.29, 0.717) is 24.5 Å². The van der Waals surface area contributed by atoms with Crippen LogP contribution < -0.4 is 19.9 Å². The lowest BCUT2D eigenvalue weighted by atomic mass is 9.75. The normalized spacial score (nSPS) is 23.3. The number of nitrogens with zero attached hydrogens (tertiary/aromatic N) is 1. The molecule has 170 valence electrons. The molecule has 2 aromatic rings. The average Bonchev–Trinajstić information content (AvgIpc) is 2.82. The molecule has 0 fully saturated rings. The van der Waals surface area contributed by atoms with Crippen LogP contribution in [0.1, 0.15) is 38.3 Å². The topological polar surface area (TPSA) is 77.2 Å². The highest BCUT2D eigenvalue weighted by atomic mass is 16.5. The Kier molecular flexibility index (Phi) is 8.12. The Bertz CT molecular complexity index is 897. The molecule has 0 radical (unpaired) electrons. The van der Waals surface area contributed by atoms with Crippen molar-refractivity contribution < 1.29 is 19.3 Å². The van der Waals surface area contributed by atoms with Crippen molar-refractivity contribution in [1.82, 2.24) is 4.90 Å². The van der Waals surface area contributed by atoms with Gasteiger partial charge in [0.2, 0.25) is 0 Å². The zero-order chi connectivity index (χ0) is 23.2. The molecular formula is C25H36N2O4. The van der Waals surface area contributed by atoms with Gasteiger partial charge in [0.25, 0.3) is 0 Å². The first-order valence-electron chi connectivity index (χ1n) is 10.6. The molecule has 0 spiro atoms. The van der Waals surface area contributed by atoms with Gasteiger partial charge in [-0.25, -0.2) is 0 Å². The van der Waals surface area contributed by atoms with Crippen molar-refractivity contribution in [2.75, 3.05) is 34.9 Å². The van der Waals surface area contributed by atoms with E-state index < -0.39 is 11.3 Å². The van der Waals surface area contributed by atoms with Crippen LogP contribution in [0.25, 0.3) is 5.57 Å². The van der Waals surface area contributed by atoms with Gasteiger partial charge < -0.3 is 25.1 Å². The molecule has 6 heteroatoms. The molecule has 0 aromatic heterocycles. The smallest absolute Gasteiger partial charge is 0.161 e. The molecule has 0 bridgehead atoms. The fourth-order valence-corrected chi connectivity index (χ4v) is 3.91. The second kappa shape index (κ2) is 10.2. The number of aliphatic hydroxyl groups is 1. The largest absolute Gasteiger partial charge is 0.497 e. The quantitative estimate of drug-likeness (QED) is 0.724. The molecule has 0 aliphatic carbocycles. The van der Waals surface area contributed by atoms with E-state index in [1.165, 1.54) is 0 Å². The maximum Gasteiger partial charge on any atom is 0.161 e. The molecule has 2 atom stereocenters. The fourth-order valence-electron chi connectivity index (χ4n) is 3.91. The van der Waals surface area contributed by atoms with Gasteiger partial charge in [-0.3, -0.25) is 4.90 Å². The van der Waals surface area contributed by atoms with Gasteiger partial charge in [-0.1, -0.05) is 39.0 Å². The third-order valence-corrected chi connectivity index (χ3v) is 5.82. The molecule has 0 saturated carbocycles. The molecule has 3 N–H and O–H groups in total. The Hall–Kier alpha value is -2.54. The summed E-state index contributed by atoms with van der Waals surface area (Å²) in [5.41, 5.74) is 7.80. The van der Waals surface area contributed by atoms with Gasteiger partial charge in [0.05, 0.1) is 26.9 Å². The van der Waals surface area contributed by atoms with Crippen LogP contribution in [0.2, 0.25) is 0 Å². The van der Waals surface area contributed by atoms with E-state index in [0.717, 1.165) is 22.4 Å². The van der Waals surface area contributed by atoms with Crippen molar-refractivity contribution in [3.63, 3.8) is 0 Å². The van der Waals surface area contributed by atoms with Gasteiger partial charge in [0.15, 0.2) is 11.5 Å². The van der Waals surface area contributed by atoms with Crippen LogP contribution in [0.15, 0.2) is 48.5 Å². The van der Waals surface area contributed by atoms with Gasteiger partial charge >= 0.3 is 0 Å². The number of ether oxygens (including phenoxy) is 3. The van der Waals surface area contributed by atoms with Crippen molar-refractivity contribution in [3.05, 3.63) is 59.7 Å². The molecule has 1 aliphatic heterocycles. The van der Waals surface area contributed by atoms with Crippen molar-refractivity contribution in [1.29, 1.82) is 0 Å². The monoisotopic (exact) mass is 428 g/mol. The van der Waals surface area contributed by atoms with Crippen molar-refractivity contribution in [2.45, 2.75) is 38.5 Å². The highest BCUT2D eigenvalue weighted by Crippen LogP contribution is 2.44. The standard InChI is InChI=1S/C23H30N2O4.C2H6/c1-6-22(26)14-19(16-7-10-18(27-3)11-8-16)23(24,15-25(22)2)17-9-12-20(28-4)21(13-17)29-5;1-2/h7-14,26H,6,15,24H2,1-5H3;1-2H3/t22?,23-;/m0./s1. The van der Waals surface area contributed by atoms with E-state index >= 15 is 0 Å². The average molecular weight is 429 g/mol. The molecule has 2 aromatic carbocycles. The van der Waals surface area contributed by atoms with Crippen LogP contribution in [0, 0.1) is 0 Å². The predicted octanol–water partition coefficient (Wildman–Crippen LogP) is 4.02. The number of benzene rings is 2. The number of hydrogen-bond donors (Lipinski definition) is 2. The van der Waals surface area contributed by atoms with Gasteiger partial charge in [0.1, 0.15) is 11.5 Å². The number of hydrogen-bond acceptors (Lipinski definition) is 6. The first-order valence-corrected chi connectivity index (χ1v) is 10.6. The number of nitrogens with two attached hydrogens (primary N) is 1. The summed E-state index contributed by atoms with van der Waals surface area (Å²) in [4.78, 5) is 1.89. The summed E-state index contributed by atoms with van der Waals surface area (Å²) in [5, 5.41) is 11.2. The highest BCUT2D eigenvalue weighted by Gasteiger charge is 2.44. The summed E-state index contributed by atoms with van der Waals surface area (Å²) in [7, 11) is 6.73. The minimum atomic E-state index is -1.07. The predicted molar refractivity (Wildman–Crippen MR) is 126 cm³/mol. The van der Waals surface area contributed by atoms with Crippen molar-refractivity contribution >= 4 is 5.57 Å². The Morgan fingerprint density at radius 3 is 2.10 bits per heavy atom. The molecule has 0 saturated heterocycles. The minimum absolute atomic E-state index is 0.435. The summed E-state index contributed by atoms with van der Waals surface area (Å²) in [6.45, 7) is 6.39. The second-order valence-electron chi connectivity index (χ2n) is 7.42. The van der Waals surface area contributed by atoms with E-state index in [1.54, 1.807) is 21.3 Å². The Morgan fingerprint density at radius 2 is 1.58 bits per heavy atom. The second-order valence-corrected chi connectivity index (χ2v) is 7.42. The molecule has 3 rings (SSSR count). The molecule has 31 heavy (non-hydrogen) atoms. The van der Waals surface area contributed by atoms with E-state index in [2.05, 4.69) is 0 Å². The summed E-state index contributed by atoms with van der Waals surface area (Å²) in [5.74, 6) is 2.02. The van der Waals surface area contributed by atoms with Crippen LogP contribution in [-0.2, 0) is 5.54 Å². The van der Waals surface area contributed by atoms with Gasteiger partial charge in [-0.15, -0.1) is 0 Å². The Balaban J connectivity index is 0.00000166. The SMILES string of the molecule is CC.CCC1(O)C=C(c2ccc(OC)cc2)[C@@](N)(c2ccc(OC)c(OC)c2)CN1C. The van der Waals surface area contributed by atoms with Crippen LogP contribution >= 0.6 is 0 Å². The molecule has 1 heterocycles. The third kappa shape index (κ3) is 4.71. The van der Waals surface area contributed by atoms with E-state index in [-0.39, 0.29) is 0 Å². The summed E-state index contributed by atoms with van der Waals surface area (Å²) in [6, 6.07) is 13.4. The zero-order valence-electron chi connectivity index (χ0n) is 19.7. The number of likely N-dealkylation sites (N-methyl/N-ethyl adjacent to an activating group) is 1. The first kappa shape index (κ1) is 24.7. The minimum Gasteiger partial charge on any atom is -0.497 e. The Morgan fingerprint density at radius 1 is 0.968 bits per heavy atom. The lowest BCUT2D eigenvalue weighted by molar-refractivity contribution is -0.0683. The fraction of sp³-hybridized carbons (Fsp3) is 0.440. The number of rotatable bonds is 6. The van der Waals surface area contributed by atoms with Crippen LogP contribution in [0.4, 0.5) is 0 Å². The number of methoxy groups -OCH3 is 3. The Labute approximate surface area is 186 Å². The van der Waals surface area contributed by atoms with E-state index in [1.807, 2.05) is 81.3 Å². The summed E-state index contributed by atoms with van der Waals surface area (Å²) < 4.78 is 16.2. The maximum absolute atomic E-state index is 11.2. The summed E-state index contributed by atoms with van der Waals surface area (Å²) >= 11 is 0. The van der Waals surface area contributed by atoms with Crippen LogP contribution in [0.3, 0.4) is 0 Å². The molecular weight excluding hydrogens is 392 g/mol.